The van der Waals surface area contributed by atoms with Gasteiger partial charge in [-0.2, -0.15) is 8.78 Å². The second-order valence-electron chi connectivity index (χ2n) is 7.03. The molecule has 1 aromatic heterocycles. The number of nitrogens with one attached hydrogen (secondary N) is 2. The van der Waals surface area contributed by atoms with Crippen LogP contribution in [0.4, 0.5) is 13.8 Å². The molecule has 2 amide bonds. The number of aryl methyl sites for hydroxylation is 1. The lowest BCUT2D eigenvalue weighted by Gasteiger charge is -2.16. The maximum absolute atomic E-state index is 12.4. The summed E-state index contributed by atoms with van der Waals surface area (Å²) in [7, 11) is 0. The van der Waals surface area contributed by atoms with Crippen LogP contribution in [0.25, 0.3) is 0 Å². The van der Waals surface area contributed by atoms with E-state index < -0.39 is 12.0 Å². The standard InChI is InChI=1S/C19H22F2N2O3S/c1-11-9-14(23-17(25)19(2,3)4)27-15(11)16(24)22-10-12-5-7-13(8-6-12)26-18(20)21/h5-9,18H,10H2,1-4H3,(H,22,24)(H,23,25). The Bertz CT molecular complexity index is 811. The fraction of sp³-hybridized carbons (Fsp3) is 0.368. The van der Waals surface area contributed by atoms with Crippen LogP contribution in [0, 0.1) is 12.3 Å². The maximum atomic E-state index is 12.4. The Hall–Kier alpha value is -2.48. The van der Waals surface area contributed by atoms with Gasteiger partial charge in [-0.3, -0.25) is 9.59 Å². The van der Waals surface area contributed by atoms with Crippen molar-refractivity contribution in [1.82, 2.24) is 5.32 Å². The van der Waals surface area contributed by atoms with Gasteiger partial charge in [0.15, 0.2) is 0 Å². The average molecular weight is 396 g/mol. The Kier molecular flexibility index (Phi) is 6.54. The minimum atomic E-state index is -2.87. The first kappa shape index (κ1) is 20.8. The number of rotatable bonds is 6. The van der Waals surface area contributed by atoms with E-state index in [0.717, 1.165) is 11.1 Å². The summed E-state index contributed by atoms with van der Waals surface area (Å²) in [5.74, 6) is -0.322. The van der Waals surface area contributed by atoms with Crippen molar-refractivity contribution in [3.8, 4) is 5.75 Å². The molecule has 0 saturated heterocycles. The number of anilines is 1. The van der Waals surface area contributed by atoms with Crippen LogP contribution in [-0.4, -0.2) is 18.4 Å². The molecule has 0 fully saturated rings. The van der Waals surface area contributed by atoms with Crippen molar-refractivity contribution >= 4 is 28.2 Å². The molecule has 5 nitrogen and oxygen atoms in total. The van der Waals surface area contributed by atoms with E-state index in [9.17, 15) is 18.4 Å². The molecular weight excluding hydrogens is 374 g/mol. The molecule has 8 heteroatoms. The molecule has 2 rings (SSSR count). The zero-order valence-corrected chi connectivity index (χ0v) is 16.4. The monoisotopic (exact) mass is 396 g/mol. The number of halogens is 2. The quantitative estimate of drug-likeness (QED) is 0.751. The average Bonchev–Trinajstić information content (AvgIpc) is 2.93. The maximum Gasteiger partial charge on any atom is 0.387 e. The van der Waals surface area contributed by atoms with Gasteiger partial charge in [0.25, 0.3) is 5.91 Å². The van der Waals surface area contributed by atoms with Crippen LogP contribution in [0.15, 0.2) is 30.3 Å². The Labute approximate surface area is 160 Å². The van der Waals surface area contributed by atoms with Crippen LogP contribution in [0.1, 0.15) is 41.6 Å². The van der Waals surface area contributed by atoms with Crippen LogP contribution in [0.3, 0.4) is 0 Å². The molecule has 0 spiro atoms. The molecule has 0 aliphatic rings. The second-order valence-corrected chi connectivity index (χ2v) is 8.08. The van der Waals surface area contributed by atoms with Crippen molar-refractivity contribution in [2.75, 3.05) is 5.32 Å². The lowest BCUT2D eigenvalue weighted by molar-refractivity contribution is -0.123. The molecule has 146 valence electrons. The summed E-state index contributed by atoms with van der Waals surface area (Å²) in [5.41, 5.74) is 0.989. The van der Waals surface area contributed by atoms with Crippen molar-refractivity contribution in [1.29, 1.82) is 0 Å². The third-order valence-corrected chi connectivity index (χ3v) is 4.79. The summed E-state index contributed by atoms with van der Waals surface area (Å²) >= 11 is 1.21. The molecule has 0 aliphatic heterocycles. The van der Waals surface area contributed by atoms with Gasteiger partial charge in [0.05, 0.1) is 9.88 Å². The first-order valence-corrected chi connectivity index (χ1v) is 9.12. The molecule has 2 aromatic rings. The predicted octanol–water partition coefficient (Wildman–Crippen LogP) is 4.57. The Balaban J connectivity index is 1.97. The smallest absolute Gasteiger partial charge is 0.387 e. The molecular formula is C19H22F2N2O3S. The number of hydrogen-bond donors (Lipinski definition) is 2. The van der Waals surface area contributed by atoms with Gasteiger partial charge in [-0.1, -0.05) is 32.9 Å². The number of amides is 2. The van der Waals surface area contributed by atoms with Gasteiger partial charge in [0, 0.05) is 12.0 Å². The van der Waals surface area contributed by atoms with Gasteiger partial charge in [-0.05, 0) is 36.2 Å². The lowest BCUT2D eigenvalue weighted by atomic mass is 9.96. The highest BCUT2D eigenvalue weighted by atomic mass is 32.1. The molecule has 0 radical (unpaired) electrons. The van der Waals surface area contributed by atoms with E-state index in [0.29, 0.717) is 9.88 Å². The molecule has 1 aromatic carbocycles. The molecule has 27 heavy (non-hydrogen) atoms. The highest BCUT2D eigenvalue weighted by molar-refractivity contribution is 7.18. The molecule has 0 saturated carbocycles. The fourth-order valence-electron chi connectivity index (χ4n) is 2.12. The molecule has 2 N–H and O–H groups in total. The number of carbonyl (C=O) groups excluding carboxylic acids is 2. The number of thiophene rings is 1. The summed E-state index contributed by atoms with van der Waals surface area (Å²) in [6.45, 7) is 4.62. The van der Waals surface area contributed by atoms with Gasteiger partial charge < -0.3 is 15.4 Å². The normalized spacial score (nSPS) is 11.4. The van der Waals surface area contributed by atoms with Crippen molar-refractivity contribution in [2.45, 2.75) is 40.9 Å². The molecule has 0 unspecified atom stereocenters. The molecule has 0 bridgehead atoms. The minimum Gasteiger partial charge on any atom is -0.435 e. The summed E-state index contributed by atoms with van der Waals surface area (Å²) in [4.78, 5) is 25.0. The first-order chi connectivity index (χ1) is 12.6. The van der Waals surface area contributed by atoms with Crippen molar-refractivity contribution in [2.24, 2.45) is 5.41 Å². The summed E-state index contributed by atoms with van der Waals surface area (Å²) in [5, 5.41) is 6.22. The summed E-state index contributed by atoms with van der Waals surface area (Å²) in [6.07, 6.45) is 0. The van der Waals surface area contributed by atoms with Gasteiger partial charge in [0.2, 0.25) is 5.91 Å². The topological polar surface area (TPSA) is 67.4 Å². The summed E-state index contributed by atoms with van der Waals surface area (Å²) in [6, 6.07) is 7.82. The third kappa shape index (κ3) is 6.02. The number of hydrogen-bond acceptors (Lipinski definition) is 4. The van der Waals surface area contributed by atoms with Crippen LogP contribution >= 0.6 is 11.3 Å². The number of ether oxygens (including phenoxy) is 1. The van der Waals surface area contributed by atoms with E-state index in [4.69, 9.17) is 0 Å². The van der Waals surface area contributed by atoms with Crippen molar-refractivity contribution in [3.63, 3.8) is 0 Å². The van der Waals surface area contributed by atoms with Crippen LogP contribution in [-0.2, 0) is 11.3 Å². The fourth-order valence-corrected chi connectivity index (χ4v) is 3.10. The SMILES string of the molecule is Cc1cc(NC(=O)C(C)(C)C)sc1C(=O)NCc1ccc(OC(F)F)cc1. The predicted molar refractivity (Wildman–Crippen MR) is 101 cm³/mol. The summed E-state index contributed by atoms with van der Waals surface area (Å²) < 4.78 is 28.6. The largest absolute Gasteiger partial charge is 0.435 e. The third-order valence-electron chi connectivity index (χ3n) is 3.64. The molecule has 0 aliphatic carbocycles. The highest BCUT2D eigenvalue weighted by Crippen LogP contribution is 2.28. The first-order valence-electron chi connectivity index (χ1n) is 8.30. The number of benzene rings is 1. The van der Waals surface area contributed by atoms with Gasteiger partial charge in [-0.25, -0.2) is 0 Å². The van der Waals surface area contributed by atoms with E-state index in [1.807, 2.05) is 20.8 Å². The van der Waals surface area contributed by atoms with Crippen LogP contribution in [0.5, 0.6) is 5.75 Å². The second kappa shape index (κ2) is 8.47. The van der Waals surface area contributed by atoms with Crippen molar-refractivity contribution in [3.05, 3.63) is 46.3 Å². The zero-order valence-electron chi connectivity index (χ0n) is 15.6. The van der Waals surface area contributed by atoms with E-state index in [1.165, 1.54) is 23.5 Å². The highest BCUT2D eigenvalue weighted by Gasteiger charge is 2.23. The molecule has 1 heterocycles. The Morgan fingerprint density at radius 2 is 1.81 bits per heavy atom. The van der Waals surface area contributed by atoms with Gasteiger partial charge in [0.1, 0.15) is 5.75 Å². The Morgan fingerprint density at radius 1 is 1.19 bits per heavy atom. The van der Waals surface area contributed by atoms with Crippen LogP contribution in [0.2, 0.25) is 0 Å². The zero-order chi connectivity index (χ0) is 20.2. The number of carbonyl (C=O) groups is 2. The van der Waals surface area contributed by atoms with Gasteiger partial charge >= 0.3 is 6.61 Å². The lowest BCUT2D eigenvalue weighted by Crippen LogP contribution is -2.27. The van der Waals surface area contributed by atoms with E-state index >= 15 is 0 Å². The Morgan fingerprint density at radius 3 is 2.37 bits per heavy atom. The van der Waals surface area contributed by atoms with Crippen molar-refractivity contribution < 1.29 is 23.1 Å². The minimum absolute atomic E-state index is 0.0633. The number of alkyl halides is 2. The van der Waals surface area contributed by atoms with E-state index in [-0.39, 0.29) is 24.1 Å². The van der Waals surface area contributed by atoms with E-state index in [1.54, 1.807) is 25.1 Å². The van der Waals surface area contributed by atoms with E-state index in [2.05, 4.69) is 15.4 Å². The van der Waals surface area contributed by atoms with Crippen LogP contribution < -0.4 is 15.4 Å². The molecule has 0 atom stereocenters. The van der Waals surface area contributed by atoms with Gasteiger partial charge in [-0.15, -0.1) is 11.3 Å².